The SMILES string of the molecule is CC(=O)CCOc1ccccc1CO. The number of ketones is 1. The molecule has 3 heteroatoms. The number of carbonyl (C=O) groups is 1. The van der Waals surface area contributed by atoms with E-state index in [9.17, 15) is 4.79 Å². The Morgan fingerprint density at radius 1 is 1.43 bits per heavy atom. The largest absolute Gasteiger partial charge is 0.493 e. The minimum absolute atomic E-state index is 0.0454. The Morgan fingerprint density at radius 2 is 2.14 bits per heavy atom. The molecule has 0 radical (unpaired) electrons. The lowest BCUT2D eigenvalue weighted by atomic mass is 10.2. The fourth-order valence-electron chi connectivity index (χ4n) is 1.08. The summed E-state index contributed by atoms with van der Waals surface area (Å²) in [6.45, 7) is 1.85. The van der Waals surface area contributed by atoms with Crippen molar-refractivity contribution in [2.24, 2.45) is 0 Å². The van der Waals surface area contributed by atoms with Gasteiger partial charge in [0.1, 0.15) is 11.5 Å². The van der Waals surface area contributed by atoms with Crippen molar-refractivity contribution in [1.82, 2.24) is 0 Å². The number of ether oxygens (including phenoxy) is 1. The molecule has 76 valence electrons. The van der Waals surface area contributed by atoms with Crippen LogP contribution in [0.5, 0.6) is 5.75 Å². The molecule has 0 aliphatic heterocycles. The second kappa shape index (κ2) is 5.40. The summed E-state index contributed by atoms with van der Waals surface area (Å²) >= 11 is 0. The van der Waals surface area contributed by atoms with E-state index in [0.29, 0.717) is 18.8 Å². The van der Waals surface area contributed by atoms with E-state index in [-0.39, 0.29) is 12.4 Å². The monoisotopic (exact) mass is 194 g/mol. The second-order valence-corrected chi connectivity index (χ2v) is 3.07. The maximum absolute atomic E-state index is 10.7. The number of rotatable bonds is 5. The fourth-order valence-corrected chi connectivity index (χ4v) is 1.08. The van der Waals surface area contributed by atoms with Crippen molar-refractivity contribution in [2.45, 2.75) is 20.0 Å². The molecular formula is C11H14O3. The van der Waals surface area contributed by atoms with Crippen LogP contribution in [0.15, 0.2) is 24.3 Å². The maximum atomic E-state index is 10.7. The van der Waals surface area contributed by atoms with Gasteiger partial charge in [0.05, 0.1) is 13.2 Å². The quantitative estimate of drug-likeness (QED) is 0.773. The van der Waals surface area contributed by atoms with Gasteiger partial charge in [0.15, 0.2) is 0 Å². The summed E-state index contributed by atoms with van der Waals surface area (Å²) in [6.07, 6.45) is 0.403. The van der Waals surface area contributed by atoms with E-state index in [2.05, 4.69) is 0 Å². The first-order valence-corrected chi connectivity index (χ1v) is 4.55. The third kappa shape index (κ3) is 3.18. The summed E-state index contributed by atoms with van der Waals surface area (Å²) in [4.78, 5) is 10.7. The lowest BCUT2D eigenvalue weighted by Crippen LogP contribution is -2.04. The van der Waals surface area contributed by atoms with Crippen molar-refractivity contribution >= 4 is 5.78 Å². The van der Waals surface area contributed by atoms with Gasteiger partial charge in [-0.2, -0.15) is 0 Å². The van der Waals surface area contributed by atoms with Crippen LogP contribution >= 0.6 is 0 Å². The third-order valence-corrected chi connectivity index (χ3v) is 1.85. The van der Waals surface area contributed by atoms with Crippen molar-refractivity contribution in [3.63, 3.8) is 0 Å². The van der Waals surface area contributed by atoms with Gasteiger partial charge in [0.25, 0.3) is 0 Å². The van der Waals surface area contributed by atoms with E-state index in [0.717, 1.165) is 5.56 Å². The first-order valence-electron chi connectivity index (χ1n) is 4.55. The Labute approximate surface area is 83.3 Å². The van der Waals surface area contributed by atoms with E-state index in [1.807, 2.05) is 12.1 Å². The van der Waals surface area contributed by atoms with Gasteiger partial charge in [0, 0.05) is 12.0 Å². The smallest absolute Gasteiger partial charge is 0.133 e. The molecule has 0 bridgehead atoms. The Hall–Kier alpha value is -1.35. The standard InChI is InChI=1S/C11H14O3/c1-9(13)6-7-14-11-5-3-2-4-10(11)8-12/h2-5,12H,6-8H2,1H3. The minimum Gasteiger partial charge on any atom is -0.493 e. The van der Waals surface area contributed by atoms with Crippen LogP contribution in [0.2, 0.25) is 0 Å². The Morgan fingerprint density at radius 3 is 2.79 bits per heavy atom. The van der Waals surface area contributed by atoms with Crippen LogP contribution in [0.1, 0.15) is 18.9 Å². The summed E-state index contributed by atoms with van der Waals surface area (Å²) < 4.78 is 5.36. The molecule has 1 N–H and O–H groups in total. The van der Waals surface area contributed by atoms with Gasteiger partial charge in [-0.15, -0.1) is 0 Å². The molecule has 0 atom stereocenters. The number of aliphatic hydroxyl groups is 1. The first-order chi connectivity index (χ1) is 6.74. The number of benzene rings is 1. The molecule has 0 aliphatic rings. The van der Waals surface area contributed by atoms with E-state index in [1.54, 1.807) is 12.1 Å². The molecule has 0 aromatic heterocycles. The van der Waals surface area contributed by atoms with Gasteiger partial charge in [-0.1, -0.05) is 18.2 Å². The van der Waals surface area contributed by atoms with E-state index in [1.165, 1.54) is 6.92 Å². The average Bonchev–Trinajstić information content (AvgIpc) is 2.18. The number of carbonyl (C=O) groups excluding carboxylic acids is 1. The van der Waals surface area contributed by atoms with E-state index < -0.39 is 0 Å². The van der Waals surface area contributed by atoms with Crippen LogP contribution in [-0.2, 0) is 11.4 Å². The topological polar surface area (TPSA) is 46.5 Å². The Bertz CT molecular complexity index is 307. The molecule has 0 fully saturated rings. The predicted molar refractivity (Wildman–Crippen MR) is 53.2 cm³/mol. The summed E-state index contributed by atoms with van der Waals surface area (Å²) in [7, 11) is 0. The van der Waals surface area contributed by atoms with E-state index >= 15 is 0 Å². The van der Waals surface area contributed by atoms with Crippen LogP contribution in [0, 0.1) is 0 Å². The molecule has 0 saturated carbocycles. The third-order valence-electron chi connectivity index (χ3n) is 1.85. The molecule has 0 heterocycles. The summed E-state index contributed by atoms with van der Waals surface area (Å²) in [5.74, 6) is 0.753. The number of Topliss-reactive ketones (excluding diaryl/α,β-unsaturated/α-hetero) is 1. The normalized spacial score (nSPS) is 9.86. The highest BCUT2D eigenvalue weighted by Crippen LogP contribution is 2.17. The number of hydrogen-bond donors (Lipinski definition) is 1. The molecule has 1 aromatic carbocycles. The molecule has 3 nitrogen and oxygen atoms in total. The molecule has 0 spiro atoms. The van der Waals surface area contributed by atoms with Crippen molar-refractivity contribution in [1.29, 1.82) is 0 Å². The summed E-state index contributed by atoms with van der Waals surface area (Å²) in [6, 6.07) is 7.25. The van der Waals surface area contributed by atoms with Crippen LogP contribution in [0.25, 0.3) is 0 Å². The van der Waals surface area contributed by atoms with Gasteiger partial charge < -0.3 is 9.84 Å². The van der Waals surface area contributed by atoms with Crippen molar-refractivity contribution in [3.8, 4) is 5.75 Å². The Balaban J connectivity index is 2.53. The number of aliphatic hydroxyl groups excluding tert-OH is 1. The molecule has 0 amide bonds. The van der Waals surface area contributed by atoms with Crippen LogP contribution < -0.4 is 4.74 Å². The van der Waals surface area contributed by atoms with Gasteiger partial charge in [0.2, 0.25) is 0 Å². The zero-order valence-electron chi connectivity index (χ0n) is 8.19. The lowest BCUT2D eigenvalue weighted by Gasteiger charge is -2.08. The van der Waals surface area contributed by atoms with Crippen LogP contribution in [-0.4, -0.2) is 17.5 Å². The van der Waals surface area contributed by atoms with Gasteiger partial charge in [-0.05, 0) is 13.0 Å². The molecule has 0 saturated heterocycles. The minimum atomic E-state index is -0.0454. The fraction of sp³-hybridized carbons (Fsp3) is 0.364. The molecule has 0 aliphatic carbocycles. The number of para-hydroxylation sites is 1. The lowest BCUT2D eigenvalue weighted by molar-refractivity contribution is -0.117. The average molecular weight is 194 g/mol. The molecule has 0 unspecified atom stereocenters. The molecule has 14 heavy (non-hydrogen) atoms. The first kappa shape index (κ1) is 10.7. The second-order valence-electron chi connectivity index (χ2n) is 3.07. The van der Waals surface area contributed by atoms with Crippen LogP contribution in [0.3, 0.4) is 0 Å². The van der Waals surface area contributed by atoms with Crippen molar-refractivity contribution < 1.29 is 14.6 Å². The van der Waals surface area contributed by atoms with Gasteiger partial charge >= 0.3 is 0 Å². The highest BCUT2D eigenvalue weighted by molar-refractivity contribution is 5.75. The van der Waals surface area contributed by atoms with Crippen molar-refractivity contribution in [3.05, 3.63) is 29.8 Å². The molecule has 1 aromatic rings. The summed E-state index contributed by atoms with van der Waals surface area (Å²) in [5, 5.41) is 8.98. The van der Waals surface area contributed by atoms with Gasteiger partial charge in [-0.25, -0.2) is 0 Å². The summed E-state index contributed by atoms with van der Waals surface area (Å²) in [5.41, 5.74) is 0.746. The maximum Gasteiger partial charge on any atom is 0.133 e. The zero-order valence-corrected chi connectivity index (χ0v) is 8.19. The molecular weight excluding hydrogens is 180 g/mol. The highest BCUT2D eigenvalue weighted by atomic mass is 16.5. The highest BCUT2D eigenvalue weighted by Gasteiger charge is 2.01. The zero-order chi connectivity index (χ0) is 10.4. The van der Waals surface area contributed by atoms with Gasteiger partial charge in [-0.3, -0.25) is 4.79 Å². The van der Waals surface area contributed by atoms with Crippen molar-refractivity contribution in [2.75, 3.05) is 6.61 Å². The molecule has 1 rings (SSSR count). The van der Waals surface area contributed by atoms with E-state index in [4.69, 9.17) is 9.84 Å². The van der Waals surface area contributed by atoms with Crippen LogP contribution in [0.4, 0.5) is 0 Å². The number of hydrogen-bond acceptors (Lipinski definition) is 3. The predicted octanol–water partition coefficient (Wildman–Crippen LogP) is 1.54. The Kier molecular flexibility index (Phi) is 4.13.